The molecule has 0 bridgehead atoms. The van der Waals surface area contributed by atoms with Gasteiger partial charge in [-0.1, -0.05) is 19.6 Å². The average Bonchev–Trinajstić information content (AvgIpc) is 3.96. The topological polar surface area (TPSA) is 94.1 Å². The molecule has 2 atom stereocenters. The number of nitrogens with zero attached hydrogens (tertiary/aromatic N) is 7. The van der Waals surface area contributed by atoms with Crippen LogP contribution in [0.4, 0.5) is 0 Å². The molecule has 4 aromatic rings. The van der Waals surface area contributed by atoms with Crippen LogP contribution in [-0.4, -0.2) is 93.3 Å². The molecule has 10 nitrogen and oxygen atoms in total. The zero-order valence-electron chi connectivity index (χ0n) is 27.5. The van der Waals surface area contributed by atoms with E-state index in [1.807, 2.05) is 12.4 Å². The summed E-state index contributed by atoms with van der Waals surface area (Å²) in [6, 6.07) is 0. The number of hydrogen-bond acceptors (Lipinski definition) is 8. The number of likely N-dealkylation sites (tertiary alicyclic amines) is 1. The fraction of sp³-hybridized carbons (Fsp3) is 0.579. The van der Waals surface area contributed by atoms with Gasteiger partial charge in [-0.15, -0.1) is 0 Å². The second-order valence-electron chi connectivity index (χ2n) is 14.3. The molecule has 6 aliphatic rings. The Morgan fingerprint density at radius 3 is 1.71 bits per heavy atom. The molecule has 8 heterocycles. The first kappa shape index (κ1) is 31.8. The van der Waals surface area contributed by atoms with Crippen LogP contribution in [0.15, 0.2) is 36.9 Å². The quantitative estimate of drug-likeness (QED) is 0.317. The van der Waals surface area contributed by atoms with E-state index in [0.29, 0.717) is 23.7 Å². The van der Waals surface area contributed by atoms with Crippen LogP contribution in [0.1, 0.15) is 92.0 Å². The highest BCUT2D eigenvalue weighted by Gasteiger charge is 2.31. The van der Waals surface area contributed by atoms with E-state index in [4.69, 9.17) is 29.4 Å². The molecule has 0 saturated carbocycles. The van der Waals surface area contributed by atoms with Gasteiger partial charge in [-0.3, -0.25) is 18.8 Å². The van der Waals surface area contributed by atoms with Gasteiger partial charge in [0.05, 0.1) is 46.6 Å². The lowest BCUT2D eigenvalue weighted by molar-refractivity contribution is 0.0806. The molecule has 0 radical (unpaired) electrons. The van der Waals surface area contributed by atoms with Crippen LogP contribution < -0.4 is 5.32 Å². The summed E-state index contributed by atoms with van der Waals surface area (Å²) >= 11 is 0. The molecule has 10 heteroatoms. The third-order valence-electron chi connectivity index (χ3n) is 11.4. The zero-order chi connectivity index (χ0) is 31.3. The summed E-state index contributed by atoms with van der Waals surface area (Å²) in [6.45, 7) is 7.94. The summed E-state index contributed by atoms with van der Waals surface area (Å²) in [7, 11) is 2.20. The molecule has 10 rings (SSSR count). The van der Waals surface area contributed by atoms with Gasteiger partial charge in [0.2, 0.25) is 0 Å². The van der Waals surface area contributed by atoms with E-state index in [-0.39, 0.29) is 7.43 Å². The Balaban J connectivity index is 0.000000137. The standard InChI is InChI=1S/C19H24N4O.C18H22N4O.CH4/c1-22-7-4-14(11-22)17-12-23-18(21-17)10-20-16-3-2-15(19(16)23)13-5-8-24-9-6-13;1-2-15-18(14(1)12-4-7-23-8-5-12)22-11-16(13-3-6-19-9-13)21-17(22)10-20-15;/h2,10,12-14H,3-9,11H2,1H3;1,10-13,19H,2-9H2;1H4. The summed E-state index contributed by atoms with van der Waals surface area (Å²) in [5.41, 5.74) is 12.4. The van der Waals surface area contributed by atoms with Crippen molar-refractivity contribution in [2.75, 3.05) is 59.7 Å². The summed E-state index contributed by atoms with van der Waals surface area (Å²) in [5, 5.41) is 3.44. The second kappa shape index (κ2) is 13.5. The van der Waals surface area contributed by atoms with Gasteiger partial charge in [-0.2, -0.15) is 0 Å². The van der Waals surface area contributed by atoms with Crippen molar-refractivity contribution in [3.63, 3.8) is 0 Å². The number of likely N-dealkylation sites (N-methyl/N-ethyl adjacent to an activating group) is 1. The van der Waals surface area contributed by atoms with Gasteiger partial charge < -0.3 is 19.7 Å². The average molecular weight is 651 g/mol. The van der Waals surface area contributed by atoms with Gasteiger partial charge in [0.1, 0.15) is 0 Å². The molecular formula is C38H50N8O2. The molecule has 0 aromatic carbocycles. The number of aromatic nitrogens is 6. The van der Waals surface area contributed by atoms with Crippen LogP contribution in [-0.2, 0) is 22.3 Å². The van der Waals surface area contributed by atoms with Crippen LogP contribution in [0.3, 0.4) is 0 Å². The Morgan fingerprint density at radius 2 is 1.23 bits per heavy atom. The van der Waals surface area contributed by atoms with E-state index in [2.05, 4.69) is 50.6 Å². The van der Waals surface area contributed by atoms with Crippen LogP contribution in [0.2, 0.25) is 0 Å². The third kappa shape index (κ3) is 5.80. The largest absolute Gasteiger partial charge is 0.381 e. The van der Waals surface area contributed by atoms with Gasteiger partial charge in [-0.05, 0) is 81.6 Å². The van der Waals surface area contributed by atoms with Crippen molar-refractivity contribution in [1.29, 1.82) is 0 Å². The Morgan fingerprint density at radius 1 is 0.688 bits per heavy atom. The lowest BCUT2D eigenvalue weighted by Gasteiger charge is -2.24. The zero-order valence-corrected chi connectivity index (χ0v) is 27.5. The predicted molar refractivity (Wildman–Crippen MR) is 188 cm³/mol. The molecule has 4 saturated heterocycles. The highest BCUT2D eigenvalue weighted by Crippen LogP contribution is 2.39. The molecule has 4 fully saturated rings. The minimum absolute atomic E-state index is 0. The monoisotopic (exact) mass is 650 g/mol. The van der Waals surface area contributed by atoms with Crippen molar-refractivity contribution in [3.05, 3.63) is 71.1 Å². The van der Waals surface area contributed by atoms with E-state index >= 15 is 0 Å². The first-order valence-corrected chi connectivity index (χ1v) is 17.9. The van der Waals surface area contributed by atoms with E-state index < -0.39 is 0 Å². The highest BCUT2D eigenvalue weighted by atomic mass is 16.5. The molecule has 48 heavy (non-hydrogen) atoms. The Kier molecular flexibility index (Phi) is 8.92. The van der Waals surface area contributed by atoms with E-state index in [0.717, 1.165) is 95.9 Å². The van der Waals surface area contributed by atoms with E-state index in [9.17, 15) is 0 Å². The van der Waals surface area contributed by atoms with Crippen molar-refractivity contribution < 1.29 is 9.47 Å². The second-order valence-corrected chi connectivity index (χ2v) is 14.3. The Bertz CT molecular complexity index is 1840. The number of rotatable bonds is 4. The van der Waals surface area contributed by atoms with E-state index in [1.165, 1.54) is 64.7 Å². The van der Waals surface area contributed by atoms with Crippen LogP contribution in [0.5, 0.6) is 0 Å². The first-order chi connectivity index (χ1) is 23.2. The van der Waals surface area contributed by atoms with Crippen LogP contribution >= 0.6 is 0 Å². The van der Waals surface area contributed by atoms with Gasteiger partial charge in [0.25, 0.3) is 0 Å². The number of hydrogen-bond donors (Lipinski definition) is 1. The maximum Gasteiger partial charge on any atom is 0.156 e. The number of ether oxygens (including phenoxy) is 2. The van der Waals surface area contributed by atoms with Crippen molar-refractivity contribution in [3.8, 4) is 0 Å². The van der Waals surface area contributed by atoms with Crippen molar-refractivity contribution in [2.24, 2.45) is 11.8 Å². The number of allylic oxidation sites excluding steroid dienone is 4. The fourth-order valence-electron chi connectivity index (χ4n) is 8.77. The molecule has 1 N–H and O–H groups in total. The molecule has 0 spiro atoms. The maximum absolute atomic E-state index is 5.55. The summed E-state index contributed by atoms with van der Waals surface area (Å²) in [6.07, 6.45) is 22.0. The fourth-order valence-corrected chi connectivity index (χ4v) is 8.77. The lowest BCUT2D eigenvalue weighted by Crippen LogP contribution is -2.17. The minimum atomic E-state index is 0. The van der Waals surface area contributed by atoms with Gasteiger partial charge >= 0.3 is 0 Å². The van der Waals surface area contributed by atoms with Gasteiger partial charge in [0, 0.05) is 76.6 Å². The molecular weight excluding hydrogens is 600 g/mol. The summed E-state index contributed by atoms with van der Waals surface area (Å²) in [5.74, 6) is 2.32. The Labute approximate surface area is 283 Å². The van der Waals surface area contributed by atoms with Crippen LogP contribution in [0.25, 0.3) is 22.4 Å². The highest BCUT2D eigenvalue weighted by molar-refractivity contribution is 5.74. The Hall–Kier alpha value is -3.44. The summed E-state index contributed by atoms with van der Waals surface area (Å²) < 4.78 is 15.7. The maximum atomic E-state index is 5.55. The smallest absolute Gasteiger partial charge is 0.156 e. The molecule has 0 amide bonds. The first-order valence-electron chi connectivity index (χ1n) is 17.9. The number of fused-ring (bicyclic) bond motifs is 6. The van der Waals surface area contributed by atoms with Crippen molar-refractivity contribution >= 4 is 22.4 Å². The SMILES string of the molecule is C.C1=C(C2CCOCC2)c2c(ncc3nc(C4CCNC4)cn23)C1.CN1CCC(c2cn3c4c(ncc3n2)CC=C4C2CCOCC2)C1. The summed E-state index contributed by atoms with van der Waals surface area (Å²) in [4.78, 5) is 21.6. The molecule has 4 aromatic heterocycles. The molecule has 2 aliphatic carbocycles. The third-order valence-corrected chi connectivity index (χ3v) is 11.4. The van der Waals surface area contributed by atoms with Gasteiger partial charge in [-0.25, -0.2) is 9.97 Å². The number of nitrogens with one attached hydrogen (secondary N) is 1. The van der Waals surface area contributed by atoms with Crippen LogP contribution in [0, 0.1) is 11.8 Å². The molecule has 254 valence electrons. The minimum Gasteiger partial charge on any atom is -0.381 e. The lowest BCUT2D eigenvalue weighted by atomic mass is 9.90. The molecule has 4 aliphatic heterocycles. The van der Waals surface area contributed by atoms with Gasteiger partial charge in [0.15, 0.2) is 11.3 Å². The normalized spacial score (nSPS) is 24.7. The van der Waals surface area contributed by atoms with E-state index in [1.54, 1.807) is 0 Å². The molecule has 2 unspecified atom stereocenters. The predicted octanol–water partition coefficient (Wildman–Crippen LogP) is 5.32. The number of imidazole rings is 2. The van der Waals surface area contributed by atoms with Crippen molar-refractivity contribution in [1.82, 2.24) is 39.0 Å². The van der Waals surface area contributed by atoms with Crippen molar-refractivity contribution in [2.45, 2.75) is 70.6 Å².